The molecule has 5 nitrogen and oxygen atoms in total. The third-order valence-electron chi connectivity index (χ3n) is 4.33. The number of hydrogen-bond acceptors (Lipinski definition) is 4. The first-order valence-electron chi connectivity index (χ1n) is 7.24. The van der Waals surface area contributed by atoms with Crippen molar-refractivity contribution in [2.24, 2.45) is 0 Å². The number of fused-ring (bicyclic) bond motifs is 2. The van der Waals surface area contributed by atoms with Crippen LogP contribution in [0.15, 0.2) is 29.6 Å². The second kappa shape index (κ2) is 4.64. The highest BCUT2D eigenvalue weighted by molar-refractivity contribution is 7.14. The minimum atomic E-state index is -0.184. The summed E-state index contributed by atoms with van der Waals surface area (Å²) in [5.41, 5.74) is 2.84. The van der Waals surface area contributed by atoms with Crippen LogP contribution in [0.1, 0.15) is 35.8 Å². The van der Waals surface area contributed by atoms with Crippen molar-refractivity contribution >= 4 is 34.0 Å². The number of para-hydroxylation sites is 1. The summed E-state index contributed by atoms with van der Waals surface area (Å²) in [6.45, 7) is 2.16. The summed E-state index contributed by atoms with van der Waals surface area (Å²) in [6.07, 6.45) is 2.28. The van der Waals surface area contributed by atoms with Crippen molar-refractivity contribution in [1.82, 2.24) is 4.98 Å². The van der Waals surface area contributed by atoms with Crippen LogP contribution in [-0.4, -0.2) is 23.3 Å². The molecule has 0 saturated heterocycles. The van der Waals surface area contributed by atoms with Crippen LogP contribution in [0.3, 0.4) is 0 Å². The zero-order valence-electron chi connectivity index (χ0n) is 12.1. The van der Waals surface area contributed by atoms with Crippen LogP contribution >= 0.6 is 11.3 Å². The molecule has 1 spiro atoms. The molecular weight excluding hydrogens is 298 g/mol. The van der Waals surface area contributed by atoms with Crippen molar-refractivity contribution < 1.29 is 9.59 Å². The highest BCUT2D eigenvalue weighted by Gasteiger charge is 2.52. The van der Waals surface area contributed by atoms with Gasteiger partial charge in [-0.25, -0.2) is 4.98 Å². The Labute approximate surface area is 132 Å². The molecule has 2 heterocycles. The second-order valence-corrected chi connectivity index (χ2v) is 6.77. The fourth-order valence-electron chi connectivity index (χ4n) is 3.11. The summed E-state index contributed by atoms with van der Waals surface area (Å²) in [5.74, 6) is -0.277. The summed E-state index contributed by atoms with van der Waals surface area (Å²) in [6, 6.07) is 8.12. The van der Waals surface area contributed by atoms with Crippen molar-refractivity contribution in [2.45, 2.75) is 25.2 Å². The predicted molar refractivity (Wildman–Crippen MR) is 85.4 cm³/mol. The van der Waals surface area contributed by atoms with Crippen LogP contribution in [0.2, 0.25) is 0 Å². The van der Waals surface area contributed by atoms with Gasteiger partial charge in [0.15, 0.2) is 5.13 Å². The number of carbonyl (C=O) groups is 2. The van der Waals surface area contributed by atoms with Gasteiger partial charge in [0.2, 0.25) is 5.91 Å². The van der Waals surface area contributed by atoms with E-state index in [9.17, 15) is 9.59 Å². The highest BCUT2D eigenvalue weighted by atomic mass is 32.1. The maximum absolute atomic E-state index is 12.8. The highest BCUT2D eigenvalue weighted by Crippen LogP contribution is 2.56. The standard InChI is InChI=1S/C16H15N3O2S/c1-10(20)17-15-18-12(8-22-15)14(21)19-9-16(6-7-16)11-4-2-3-5-13(11)19/h2-5,8H,6-7,9H2,1H3,(H,17,18,20). The summed E-state index contributed by atoms with van der Waals surface area (Å²) in [5, 5.41) is 4.78. The van der Waals surface area contributed by atoms with E-state index in [1.807, 2.05) is 23.1 Å². The predicted octanol–water partition coefficient (Wildman–Crippen LogP) is 2.79. The Kier molecular flexibility index (Phi) is 2.84. The van der Waals surface area contributed by atoms with Gasteiger partial charge in [-0.2, -0.15) is 0 Å². The van der Waals surface area contributed by atoms with Gasteiger partial charge in [0, 0.05) is 30.0 Å². The normalized spacial score (nSPS) is 17.4. The maximum Gasteiger partial charge on any atom is 0.277 e. The maximum atomic E-state index is 12.8. The number of anilines is 2. The number of hydrogen-bond donors (Lipinski definition) is 1. The molecule has 0 atom stereocenters. The molecule has 22 heavy (non-hydrogen) atoms. The monoisotopic (exact) mass is 313 g/mol. The molecule has 6 heteroatoms. The average Bonchev–Trinajstić information content (AvgIpc) is 3.00. The summed E-state index contributed by atoms with van der Waals surface area (Å²) < 4.78 is 0. The summed E-state index contributed by atoms with van der Waals surface area (Å²) in [4.78, 5) is 29.9. The fraction of sp³-hybridized carbons (Fsp3) is 0.312. The lowest BCUT2D eigenvalue weighted by Crippen LogP contribution is -2.31. The number of nitrogens with one attached hydrogen (secondary N) is 1. The van der Waals surface area contributed by atoms with Crippen LogP contribution in [0.25, 0.3) is 0 Å². The van der Waals surface area contributed by atoms with Crippen molar-refractivity contribution in [3.05, 3.63) is 40.9 Å². The van der Waals surface area contributed by atoms with E-state index in [1.54, 1.807) is 5.38 Å². The first-order chi connectivity index (χ1) is 10.6. The molecule has 2 amide bonds. The molecule has 1 N–H and O–H groups in total. The quantitative estimate of drug-likeness (QED) is 0.927. The molecule has 112 valence electrons. The Morgan fingerprint density at radius 1 is 1.32 bits per heavy atom. The van der Waals surface area contributed by atoms with Gasteiger partial charge in [-0.15, -0.1) is 11.3 Å². The number of amides is 2. The zero-order chi connectivity index (χ0) is 15.3. The van der Waals surface area contributed by atoms with Crippen LogP contribution in [0.4, 0.5) is 10.8 Å². The Bertz CT molecular complexity index is 779. The van der Waals surface area contributed by atoms with Crippen molar-refractivity contribution in [3.63, 3.8) is 0 Å². The van der Waals surface area contributed by atoms with E-state index in [-0.39, 0.29) is 17.2 Å². The molecule has 1 aliphatic carbocycles. The molecule has 2 aliphatic rings. The Balaban J connectivity index is 1.64. The number of thiazole rings is 1. The molecule has 0 bridgehead atoms. The van der Waals surface area contributed by atoms with Crippen LogP contribution in [0.5, 0.6) is 0 Å². The third kappa shape index (κ3) is 2.02. The van der Waals surface area contributed by atoms with E-state index < -0.39 is 0 Å². The van der Waals surface area contributed by atoms with Crippen LogP contribution in [0, 0.1) is 0 Å². The largest absolute Gasteiger partial charge is 0.306 e. The number of rotatable bonds is 2. The average molecular weight is 313 g/mol. The number of benzene rings is 1. The van der Waals surface area contributed by atoms with E-state index >= 15 is 0 Å². The minimum absolute atomic E-state index is 0.0934. The van der Waals surface area contributed by atoms with Gasteiger partial charge in [0.25, 0.3) is 5.91 Å². The minimum Gasteiger partial charge on any atom is -0.306 e. The topological polar surface area (TPSA) is 62.3 Å². The van der Waals surface area contributed by atoms with E-state index in [0.717, 1.165) is 25.1 Å². The van der Waals surface area contributed by atoms with Crippen molar-refractivity contribution in [3.8, 4) is 0 Å². The first-order valence-corrected chi connectivity index (χ1v) is 8.12. The first kappa shape index (κ1) is 13.5. The molecule has 4 rings (SSSR count). The number of carbonyl (C=O) groups excluding carboxylic acids is 2. The molecule has 0 unspecified atom stereocenters. The molecule has 1 aromatic carbocycles. The molecule has 1 aliphatic heterocycles. The smallest absolute Gasteiger partial charge is 0.277 e. The lowest BCUT2D eigenvalue weighted by molar-refractivity contribution is -0.114. The lowest BCUT2D eigenvalue weighted by Gasteiger charge is -2.16. The summed E-state index contributed by atoms with van der Waals surface area (Å²) in [7, 11) is 0. The van der Waals surface area contributed by atoms with Gasteiger partial charge in [0.05, 0.1) is 0 Å². The van der Waals surface area contributed by atoms with Crippen molar-refractivity contribution in [1.29, 1.82) is 0 Å². The van der Waals surface area contributed by atoms with Gasteiger partial charge in [-0.1, -0.05) is 18.2 Å². The SMILES string of the molecule is CC(=O)Nc1nc(C(=O)N2CC3(CC3)c3ccccc32)cs1. The molecule has 2 aromatic rings. The van der Waals surface area contributed by atoms with Gasteiger partial charge in [-0.3, -0.25) is 9.59 Å². The van der Waals surface area contributed by atoms with E-state index in [1.165, 1.54) is 23.8 Å². The molecule has 0 radical (unpaired) electrons. The summed E-state index contributed by atoms with van der Waals surface area (Å²) >= 11 is 1.27. The van der Waals surface area contributed by atoms with Gasteiger partial charge < -0.3 is 10.2 Å². The van der Waals surface area contributed by atoms with Crippen molar-refractivity contribution in [2.75, 3.05) is 16.8 Å². The fourth-order valence-corrected chi connectivity index (χ4v) is 3.84. The Morgan fingerprint density at radius 3 is 2.82 bits per heavy atom. The van der Waals surface area contributed by atoms with Gasteiger partial charge in [-0.05, 0) is 24.5 Å². The van der Waals surface area contributed by atoms with Gasteiger partial charge in [0.1, 0.15) is 5.69 Å². The molecule has 1 saturated carbocycles. The van der Waals surface area contributed by atoms with Crippen LogP contribution in [-0.2, 0) is 10.2 Å². The third-order valence-corrected chi connectivity index (χ3v) is 5.09. The van der Waals surface area contributed by atoms with Crippen LogP contribution < -0.4 is 10.2 Å². The van der Waals surface area contributed by atoms with E-state index in [4.69, 9.17) is 0 Å². The second-order valence-electron chi connectivity index (χ2n) is 5.91. The number of aromatic nitrogens is 1. The Morgan fingerprint density at radius 2 is 2.09 bits per heavy atom. The molecule has 1 fully saturated rings. The van der Waals surface area contributed by atoms with E-state index in [0.29, 0.717) is 10.8 Å². The zero-order valence-corrected chi connectivity index (χ0v) is 12.9. The lowest BCUT2D eigenvalue weighted by atomic mass is 9.99. The number of nitrogens with zero attached hydrogens (tertiary/aromatic N) is 2. The van der Waals surface area contributed by atoms with E-state index in [2.05, 4.69) is 16.4 Å². The molecule has 1 aromatic heterocycles. The van der Waals surface area contributed by atoms with Gasteiger partial charge >= 0.3 is 0 Å². The molecular formula is C16H15N3O2S. The Hall–Kier alpha value is -2.21.